The first-order valence-corrected chi connectivity index (χ1v) is 21.5. The zero-order chi connectivity index (χ0) is 37.1. The Morgan fingerprint density at radius 2 is 0.796 bits per heavy atom. The van der Waals surface area contributed by atoms with Gasteiger partial charge >= 0.3 is 22.6 Å². The van der Waals surface area contributed by atoms with E-state index in [9.17, 15) is 13.7 Å². The van der Waals surface area contributed by atoms with Crippen LogP contribution >= 0.6 is 22.6 Å². The molecule has 12 nitrogen and oxygen atoms in total. The Morgan fingerprint density at radius 1 is 0.444 bits per heavy atom. The third-order valence-electron chi connectivity index (χ3n) is 9.02. The van der Waals surface area contributed by atoms with Gasteiger partial charge in [-0.05, 0) is 36.4 Å². The average Bonchev–Trinajstić information content (AvgIpc) is 3.18. The molecule has 0 fully saturated rings. The molecule has 15 heteroatoms. The predicted octanol–water partition coefficient (Wildman–Crippen LogP) is 8.90. The molecule has 1 aromatic heterocycles. The van der Waals surface area contributed by atoms with Gasteiger partial charge < -0.3 is 13.6 Å². The van der Waals surface area contributed by atoms with Gasteiger partial charge in [-0.3, -0.25) is 15.3 Å². The highest BCUT2D eigenvalue weighted by atomic mass is 31.2. The highest BCUT2D eigenvalue weighted by Gasteiger charge is 2.41. The number of aromatic nitrogens is 3. The molecule has 0 spiro atoms. The Labute approximate surface area is 310 Å². The molecule has 0 bridgehead atoms. The molecule has 3 N–H and O–H groups in total. The molecule has 0 amide bonds. The maximum absolute atomic E-state index is 14.9. The summed E-state index contributed by atoms with van der Waals surface area (Å²) in [6.45, 7) is 7.74. The van der Waals surface area contributed by atoms with E-state index in [1.165, 1.54) is 6.08 Å². The zero-order valence-corrected chi connectivity index (χ0v) is 30.9. The van der Waals surface area contributed by atoms with Crippen LogP contribution in [0.5, 0.6) is 11.5 Å². The van der Waals surface area contributed by atoms with E-state index < -0.39 is 22.6 Å². The molecule has 0 saturated carbocycles. The molecule has 5 aromatic carbocycles. The van der Waals surface area contributed by atoms with Gasteiger partial charge in [0.25, 0.3) is 0 Å². The molecule has 3 aliphatic heterocycles. The Bertz CT molecular complexity index is 2620. The van der Waals surface area contributed by atoms with Crippen LogP contribution in [0, 0.1) is 0 Å². The second-order valence-electron chi connectivity index (χ2n) is 12.3. The minimum absolute atomic E-state index is 0.232. The van der Waals surface area contributed by atoms with Crippen molar-refractivity contribution in [2.45, 2.75) is 0 Å². The van der Waals surface area contributed by atoms with Crippen molar-refractivity contribution in [3.63, 3.8) is 0 Å². The van der Waals surface area contributed by atoms with Gasteiger partial charge in [0, 0.05) is 33.4 Å². The van der Waals surface area contributed by atoms with E-state index in [0.717, 1.165) is 11.1 Å². The van der Waals surface area contributed by atoms with Crippen LogP contribution in [-0.2, 0) is 18.2 Å². The lowest BCUT2D eigenvalue weighted by molar-refractivity contribution is 0.430. The fourth-order valence-electron chi connectivity index (χ4n) is 6.68. The van der Waals surface area contributed by atoms with Gasteiger partial charge in [-0.1, -0.05) is 110 Å². The Kier molecular flexibility index (Phi) is 7.94. The summed E-state index contributed by atoms with van der Waals surface area (Å²) in [7, 11) is -12.0. The standard InChI is InChI=1S/C39H29N6O6P3/c1-3-25-28-17-7-12-22-34(28)52(46,49-31(25)4-2)43-37-40-38(44-53(47)35-23-13-8-18-29(35)26-15-5-10-20-32(26)50-53)42-39(41-37)45-54(48)36-24-14-9-19-30(36)27-16-6-11-21-33(27)51-54/h3-24H,1-2H2,(H3,40,41,42,43,44,45,46,47,48). The van der Waals surface area contributed by atoms with Crippen molar-refractivity contribution in [1.29, 1.82) is 0 Å². The van der Waals surface area contributed by atoms with E-state index in [4.69, 9.17) is 13.6 Å². The minimum atomic E-state index is -4.04. The van der Waals surface area contributed by atoms with E-state index in [1.54, 1.807) is 78.9 Å². The summed E-state index contributed by atoms with van der Waals surface area (Å²) in [5, 5.41) is 9.82. The second-order valence-corrected chi connectivity index (χ2v) is 18.3. The van der Waals surface area contributed by atoms with Crippen LogP contribution in [-0.4, -0.2) is 15.0 Å². The topological polar surface area (TPSA) is 154 Å². The summed E-state index contributed by atoms with van der Waals surface area (Å²) < 4.78 is 63.0. The van der Waals surface area contributed by atoms with Crippen LogP contribution in [0.1, 0.15) is 5.56 Å². The number of hydrogen-bond acceptors (Lipinski definition) is 9. The predicted molar refractivity (Wildman–Crippen MR) is 212 cm³/mol. The van der Waals surface area contributed by atoms with Crippen molar-refractivity contribution in [2.24, 2.45) is 0 Å². The maximum atomic E-state index is 14.9. The Balaban J connectivity index is 1.17. The van der Waals surface area contributed by atoms with E-state index in [1.807, 2.05) is 48.5 Å². The highest BCUT2D eigenvalue weighted by molar-refractivity contribution is 7.70. The van der Waals surface area contributed by atoms with Gasteiger partial charge in [0.15, 0.2) is 0 Å². The van der Waals surface area contributed by atoms with Crippen molar-refractivity contribution >= 4 is 61.9 Å². The van der Waals surface area contributed by atoms with Crippen molar-refractivity contribution in [3.05, 3.63) is 158 Å². The molecule has 0 radical (unpaired) electrons. The van der Waals surface area contributed by atoms with Crippen molar-refractivity contribution in [3.8, 4) is 33.8 Å². The summed E-state index contributed by atoms with van der Waals surface area (Å²) >= 11 is 0. The summed E-state index contributed by atoms with van der Waals surface area (Å²) in [4.78, 5) is 13.6. The van der Waals surface area contributed by atoms with Gasteiger partial charge in [0.2, 0.25) is 17.8 Å². The number of anilines is 3. The van der Waals surface area contributed by atoms with Crippen LogP contribution < -0.4 is 40.2 Å². The first kappa shape index (κ1) is 33.6. The first-order valence-electron chi connectivity index (χ1n) is 16.7. The molecule has 0 aliphatic carbocycles. The van der Waals surface area contributed by atoms with E-state index in [2.05, 4.69) is 43.4 Å². The van der Waals surface area contributed by atoms with Gasteiger partial charge in [0.1, 0.15) is 17.3 Å². The number of nitrogens with one attached hydrogen (secondary N) is 3. The molecular weight excluding hydrogens is 741 g/mol. The fourth-order valence-corrected chi connectivity index (χ4v) is 12.3. The molecule has 6 aromatic rings. The summed E-state index contributed by atoms with van der Waals surface area (Å²) in [6, 6.07) is 35.8. The summed E-state index contributed by atoms with van der Waals surface area (Å²) in [5.74, 6) is 0.281. The highest BCUT2D eigenvalue weighted by Crippen LogP contribution is 2.57. The number of nitrogens with zero attached hydrogens (tertiary/aromatic N) is 3. The summed E-state index contributed by atoms with van der Waals surface area (Å²) in [6.07, 6.45) is 3.04. The molecule has 0 saturated heterocycles. The lowest BCUT2D eigenvalue weighted by atomic mass is 10.0. The zero-order valence-electron chi connectivity index (χ0n) is 28.2. The van der Waals surface area contributed by atoms with Crippen LogP contribution in [0.2, 0.25) is 0 Å². The van der Waals surface area contributed by atoms with Gasteiger partial charge in [0.05, 0.1) is 15.9 Å². The normalized spacial score (nSPS) is 21.6. The van der Waals surface area contributed by atoms with Gasteiger partial charge in [-0.2, -0.15) is 15.0 Å². The monoisotopic (exact) mass is 770 g/mol. The molecule has 3 unspecified atom stereocenters. The Morgan fingerprint density at radius 3 is 1.22 bits per heavy atom. The van der Waals surface area contributed by atoms with Gasteiger partial charge in [-0.15, -0.1) is 0 Å². The largest absolute Gasteiger partial charge is 0.425 e. The van der Waals surface area contributed by atoms with E-state index in [0.29, 0.717) is 49.7 Å². The van der Waals surface area contributed by atoms with Crippen molar-refractivity contribution in [1.82, 2.24) is 15.0 Å². The summed E-state index contributed by atoms with van der Waals surface area (Å²) in [5.41, 5.74) is 4.16. The smallest absolute Gasteiger partial charge is 0.374 e. The van der Waals surface area contributed by atoms with Crippen LogP contribution in [0.3, 0.4) is 0 Å². The van der Waals surface area contributed by atoms with E-state index in [-0.39, 0.29) is 23.6 Å². The fraction of sp³-hybridized carbons (Fsp3) is 0. The van der Waals surface area contributed by atoms with Crippen molar-refractivity contribution in [2.75, 3.05) is 15.3 Å². The van der Waals surface area contributed by atoms with Crippen LogP contribution in [0.4, 0.5) is 17.8 Å². The molecular formula is C39H29N6O6P3. The number of allylic oxidation sites excluding steroid dienone is 3. The van der Waals surface area contributed by atoms with Gasteiger partial charge in [-0.25, -0.2) is 13.7 Å². The number of benzene rings is 5. The molecule has 3 aliphatic rings. The first-order chi connectivity index (χ1) is 26.2. The SMILES string of the molecule is C=CC1=C(C=C)c2ccccc2P(=O)(Nc2nc(NP3(=O)Oc4ccccc4-c4ccccc43)nc(NP3(=O)Oc4ccccc4-c4ccccc43)n2)O1. The lowest BCUT2D eigenvalue weighted by Crippen LogP contribution is -2.26. The number of fused-ring (bicyclic) bond motifs is 7. The van der Waals surface area contributed by atoms with Crippen LogP contribution in [0.15, 0.2) is 152 Å². The number of rotatable bonds is 8. The Hall–Kier alpha value is -6.18. The number of hydrogen-bond donors (Lipinski definition) is 3. The van der Waals surface area contributed by atoms with Crippen molar-refractivity contribution < 1.29 is 27.3 Å². The maximum Gasteiger partial charge on any atom is 0.374 e. The molecule has 3 atom stereocenters. The third-order valence-corrected chi connectivity index (χ3v) is 14.9. The molecule has 54 heavy (non-hydrogen) atoms. The quantitative estimate of drug-likeness (QED) is 0.127. The lowest BCUT2D eigenvalue weighted by Gasteiger charge is -2.30. The molecule has 4 heterocycles. The van der Waals surface area contributed by atoms with E-state index >= 15 is 0 Å². The molecule has 9 rings (SSSR count). The molecule has 266 valence electrons. The average molecular weight is 771 g/mol. The third kappa shape index (κ3) is 5.55. The van der Waals surface area contributed by atoms with Crippen LogP contribution in [0.25, 0.3) is 27.8 Å². The minimum Gasteiger partial charge on any atom is -0.425 e. The number of para-hydroxylation sites is 2. The second kappa shape index (κ2) is 12.7.